The Bertz CT molecular complexity index is 584. The molecule has 0 N–H and O–H groups in total. The average Bonchev–Trinajstić information content (AvgIpc) is 2.78. The Morgan fingerprint density at radius 3 is 2.30 bits per heavy atom. The predicted octanol–water partition coefficient (Wildman–Crippen LogP) is 6.88. The lowest BCUT2D eigenvalue weighted by Crippen LogP contribution is -2.15. The summed E-state index contributed by atoms with van der Waals surface area (Å²) in [5.41, 5.74) is 4.03. The molecule has 2 aromatic rings. The average molecular weight is 372 g/mol. The minimum atomic E-state index is 0.174. The molecule has 0 nitrogen and oxygen atoms in total. The zero-order valence-corrected chi connectivity index (χ0v) is 15.5. The van der Waals surface area contributed by atoms with E-state index in [2.05, 4.69) is 73.3 Å². The SMILES string of the molecule is CCC(C)(C)c1ccc(C(Br)c2scc(C)c2Cl)cc1. The first-order chi connectivity index (χ1) is 9.36. The van der Waals surface area contributed by atoms with Crippen LogP contribution in [0.1, 0.15) is 53.6 Å². The molecule has 1 atom stereocenters. The summed E-state index contributed by atoms with van der Waals surface area (Å²) in [6, 6.07) is 8.89. The van der Waals surface area contributed by atoms with Crippen molar-refractivity contribution in [2.45, 2.75) is 44.4 Å². The van der Waals surface area contributed by atoms with Crippen molar-refractivity contribution in [1.82, 2.24) is 0 Å². The number of halogens is 2. The molecule has 0 aliphatic carbocycles. The maximum absolute atomic E-state index is 6.36. The number of hydrogen-bond acceptors (Lipinski definition) is 1. The van der Waals surface area contributed by atoms with Gasteiger partial charge in [-0.15, -0.1) is 11.3 Å². The summed E-state index contributed by atoms with van der Waals surface area (Å²) >= 11 is 11.9. The lowest BCUT2D eigenvalue weighted by Gasteiger charge is -2.23. The zero-order chi connectivity index (χ0) is 14.9. The van der Waals surface area contributed by atoms with Crippen LogP contribution in [0.2, 0.25) is 5.02 Å². The van der Waals surface area contributed by atoms with Crippen LogP contribution in [0.15, 0.2) is 29.6 Å². The van der Waals surface area contributed by atoms with Crippen molar-refractivity contribution >= 4 is 38.9 Å². The third-order valence-corrected chi connectivity index (χ3v) is 7.09. The maximum Gasteiger partial charge on any atom is 0.0753 e. The summed E-state index contributed by atoms with van der Waals surface area (Å²) in [5, 5.41) is 3.00. The molecule has 0 spiro atoms. The molecule has 2 rings (SSSR count). The highest BCUT2D eigenvalue weighted by molar-refractivity contribution is 9.09. The van der Waals surface area contributed by atoms with Gasteiger partial charge in [-0.1, -0.05) is 72.6 Å². The smallest absolute Gasteiger partial charge is 0.0753 e. The fourth-order valence-corrected chi connectivity index (χ4v) is 4.37. The van der Waals surface area contributed by atoms with E-state index in [0.717, 1.165) is 17.0 Å². The zero-order valence-electron chi connectivity index (χ0n) is 12.3. The van der Waals surface area contributed by atoms with Gasteiger partial charge in [0.1, 0.15) is 0 Å². The maximum atomic E-state index is 6.36. The summed E-state index contributed by atoms with van der Waals surface area (Å²) in [4.78, 5) is 1.36. The molecule has 0 saturated carbocycles. The Balaban J connectivity index is 2.28. The summed E-state index contributed by atoms with van der Waals surface area (Å²) in [6.07, 6.45) is 1.14. The van der Waals surface area contributed by atoms with Crippen molar-refractivity contribution in [3.05, 3.63) is 56.2 Å². The number of hydrogen-bond donors (Lipinski definition) is 0. The molecule has 0 bridgehead atoms. The lowest BCUT2D eigenvalue weighted by molar-refractivity contribution is 0.506. The third-order valence-electron chi connectivity index (χ3n) is 4.02. The van der Waals surface area contributed by atoms with Gasteiger partial charge in [0, 0.05) is 4.88 Å². The number of aryl methyl sites for hydroxylation is 1. The lowest BCUT2D eigenvalue weighted by atomic mass is 9.82. The fourth-order valence-electron chi connectivity index (χ4n) is 2.08. The van der Waals surface area contributed by atoms with E-state index in [4.69, 9.17) is 11.6 Å². The van der Waals surface area contributed by atoms with E-state index in [1.807, 2.05) is 0 Å². The molecule has 0 aliphatic heterocycles. The Morgan fingerprint density at radius 2 is 1.85 bits per heavy atom. The second-order valence-electron chi connectivity index (χ2n) is 5.82. The number of rotatable bonds is 4. The molecule has 108 valence electrons. The molecule has 0 radical (unpaired) electrons. The number of thiophene rings is 1. The van der Waals surface area contributed by atoms with Crippen LogP contribution in [0.3, 0.4) is 0 Å². The van der Waals surface area contributed by atoms with E-state index in [1.54, 1.807) is 11.3 Å². The van der Waals surface area contributed by atoms with Crippen molar-refractivity contribution in [2.24, 2.45) is 0 Å². The van der Waals surface area contributed by atoms with Gasteiger partial charge in [0.25, 0.3) is 0 Å². The third kappa shape index (κ3) is 3.13. The second-order valence-corrected chi connectivity index (χ2v) is 8.02. The Hall–Kier alpha value is -0.310. The van der Waals surface area contributed by atoms with Crippen LogP contribution in [-0.4, -0.2) is 0 Å². The van der Waals surface area contributed by atoms with Crippen LogP contribution in [-0.2, 0) is 5.41 Å². The standard InChI is InChI=1S/C17H20BrClS/c1-5-17(3,4)13-8-6-12(7-9-13)14(18)16-15(19)11(2)10-20-16/h6-10,14H,5H2,1-4H3. The van der Waals surface area contributed by atoms with Crippen molar-refractivity contribution in [3.63, 3.8) is 0 Å². The molecule has 0 saturated heterocycles. The second kappa shape index (κ2) is 6.21. The first kappa shape index (κ1) is 16.1. The van der Waals surface area contributed by atoms with Gasteiger partial charge in [0.05, 0.1) is 9.85 Å². The van der Waals surface area contributed by atoms with Crippen molar-refractivity contribution < 1.29 is 0 Å². The topological polar surface area (TPSA) is 0 Å². The fraction of sp³-hybridized carbons (Fsp3) is 0.412. The molecule has 1 unspecified atom stereocenters. The van der Waals surface area contributed by atoms with E-state index >= 15 is 0 Å². The number of benzene rings is 1. The van der Waals surface area contributed by atoms with Gasteiger partial charge in [0.15, 0.2) is 0 Å². The van der Waals surface area contributed by atoms with Crippen LogP contribution in [0.4, 0.5) is 0 Å². The van der Waals surface area contributed by atoms with Gasteiger partial charge in [-0.05, 0) is 40.8 Å². The van der Waals surface area contributed by atoms with Gasteiger partial charge in [-0.3, -0.25) is 0 Å². The van der Waals surface area contributed by atoms with Crippen LogP contribution in [0.5, 0.6) is 0 Å². The summed E-state index contributed by atoms with van der Waals surface area (Å²) in [7, 11) is 0. The van der Waals surface area contributed by atoms with E-state index in [1.165, 1.54) is 16.0 Å². The van der Waals surface area contributed by atoms with E-state index < -0.39 is 0 Å². The van der Waals surface area contributed by atoms with Gasteiger partial charge in [-0.2, -0.15) is 0 Å². The summed E-state index contributed by atoms with van der Waals surface area (Å²) in [6.45, 7) is 8.85. The van der Waals surface area contributed by atoms with Crippen LogP contribution >= 0.6 is 38.9 Å². The molecule has 1 aromatic heterocycles. The van der Waals surface area contributed by atoms with E-state index in [9.17, 15) is 0 Å². The molecule has 20 heavy (non-hydrogen) atoms. The number of alkyl halides is 1. The van der Waals surface area contributed by atoms with Crippen molar-refractivity contribution in [2.75, 3.05) is 0 Å². The minimum absolute atomic E-state index is 0.174. The molecule has 0 aliphatic rings. The molecule has 1 heterocycles. The highest BCUT2D eigenvalue weighted by atomic mass is 79.9. The van der Waals surface area contributed by atoms with Crippen LogP contribution < -0.4 is 0 Å². The summed E-state index contributed by atoms with van der Waals surface area (Å²) in [5.74, 6) is 0. The predicted molar refractivity (Wildman–Crippen MR) is 94.6 cm³/mol. The molecule has 1 aromatic carbocycles. The van der Waals surface area contributed by atoms with E-state index in [-0.39, 0.29) is 10.2 Å². The minimum Gasteiger partial charge on any atom is -0.145 e. The Labute approximate surface area is 139 Å². The molecule has 0 fully saturated rings. The first-order valence-electron chi connectivity index (χ1n) is 6.85. The highest BCUT2D eigenvalue weighted by Crippen LogP contribution is 2.41. The Kier molecular flexibility index (Phi) is 4.99. The first-order valence-corrected chi connectivity index (χ1v) is 9.02. The van der Waals surface area contributed by atoms with Gasteiger partial charge >= 0.3 is 0 Å². The van der Waals surface area contributed by atoms with Crippen LogP contribution in [0, 0.1) is 6.92 Å². The normalized spacial score (nSPS) is 13.5. The van der Waals surface area contributed by atoms with Crippen molar-refractivity contribution in [3.8, 4) is 0 Å². The largest absolute Gasteiger partial charge is 0.145 e. The molecule has 0 amide bonds. The Morgan fingerprint density at radius 1 is 1.25 bits per heavy atom. The summed E-state index contributed by atoms with van der Waals surface area (Å²) < 4.78 is 0. The van der Waals surface area contributed by atoms with Gasteiger partial charge in [0.2, 0.25) is 0 Å². The highest BCUT2D eigenvalue weighted by Gasteiger charge is 2.20. The molecule has 3 heteroatoms. The van der Waals surface area contributed by atoms with Crippen molar-refractivity contribution in [1.29, 1.82) is 0 Å². The molecular weight excluding hydrogens is 352 g/mol. The van der Waals surface area contributed by atoms with Crippen LogP contribution in [0.25, 0.3) is 0 Å². The van der Waals surface area contributed by atoms with E-state index in [0.29, 0.717) is 0 Å². The monoisotopic (exact) mass is 370 g/mol. The van der Waals surface area contributed by atoms with Gasteiger partial charge < -0.3 is 0 Å². The van der Waals surface area contributed by atoms with Gasteiger partial charge in [-0.25, -0.2) is 0 Å². The quantitative estimate of drug-likeness (QED) is 0.514. The molecular formula is C17H20BrClS.